The molecule has 3 atom stereocenters. The first-order chi connectivity index (χ1) is 35.1. The van der Waals surface area contributed by atoms with Gasteiger partial charge in [-0.1, -0.05) is 37.0 Å². The zero-order valence-electron chi connectivity index (χ0n) is 40.3. The molecule has 13 nitrogen and oxygen atoms in total. The Balaban J connectivity index is 0.944. The average molecular weight is 1060 g/mol. The van der Waals surface area contributed by atoms with Gasteiger partial charge in [0, 0.05) is 87.6 Å². The number of primary amides is 1. The van der Waals surface area contributed by atoms with Gasteiger partial charge in [0.25, 0.3) is 11.8 Å². The minimum Gasteiger partial charge on any atom is -0.368 e. The van der Waals surface area contributed by atoms with E-state index < -0.39 is 103 Å². The number of alkyl halides is 5. The number of amides is 2. The van der Waals surface area contributed by atoms with E-state index in [1.165, 1.54) is 23.5 Å². The van der Waals surface area contributed by atoms with Crippen LogP contribution in [0.2, 0.25) is 25.7 Å². The van der Waals surface area contributed by atoms with Crippen molar-refractivity contribution in [1.82, 2.24) is 34.6 Å². The number of pyridine rings is 1. The van der Waals surface area contributed by atoms with Crippen LogP contribution in [0.25, 0.3) is 32.9 Å². The van der Waals surface area contributed by atoms with Crippen LogP contribution in [0, 0.1) is 23.4 Å². The zero-order chi connectivity index (χ0) is 52.4. The standard InChI is InChI=1S/C51H50F8N10O3SSi/c1-74(2,3)19-18-72-27-68-13-12-61-48(68)29-4-7-33(8-5-29)66-14-16-67(17-15-66)49-64-47-40(73-49)25-35(30-6-11-38(54)36(23-30)46(60)71)43(63-47)39(22-28-20-31(52)24-32(53)21-28)62-41(70)26-69-45-42(44(65-69)51(57,58)59)34-9-10-37(34)50(45,55)56/h4-8,11-13,20-21,23-25,34,37,39H,9-10,14-19,22,26-27H2,1-3H3,(H2,60,71)(H,62,70)/t34-,37+,39-/m0/s1. The summed E-state index contributed by atoms with van der Waals surface area (Å²) in [5.74, 6) is -10.4. The van der Waals surface area contributed by atoms with Crippen LogP contribution < -0.4 is 20.9 Å². The number of carbonyl (C=O) groups is 2. The fourth-order valence-electron chi connectivity index (χ4n) is 10.1. The van der Waals surface area contributed by atoms with Gasteiger partial charge >= 0.3 is 6.18 Å². The van der Waals surface area contributed by atoms with E-state index in [1.807, 2.05) is 35.0 Å². The fourth-order valence-corrected chi connectivity index (χ4v) is 11.8. The molecule has 23 heteroatoms. The van der Waals surface area contributed by atoms with Crippen LogP contribution in [0.1, 0.15) is 63.4 Å². The van der Waals surface area contributed by atoms with E-state index in [9.17, 15) is 35.9 Å². The molecule has 2 aliphatic carbocycles. The van der Waals surface area contributed by atoms with Crippen molar-refractivity contribution >= 4 is 52.4 Å². The van der Waals surface area contributed by atoms with Gasteiger partial charge in [-0.15, -0.1) is 0 Å². The number of fused-ring (bicyclic) bond motifs is 4. The number of nitrogens with zero attached hydrogens (tertiary/aromatic N) is 8. The number of anilines is 2. The number of thiazole rings is 1. The molecule has 3 N–H and O–H groups in total. The Kier molecular flexibility index (Phi) is 13.4. The Hall–Kier alpha value is -6.72. The predicted octanol–water partition coefficient (Wildman–Crippen LogP) is 10.3. The molecule has 0 radical (unpaired) electrons. The van der Waals surface area contributed by atoms with Crippen LogP contribution in [0.3, 0.4) is 0 Å². The Morgan fingerprint density at radius 1 is 0.919 bits per heavy atom. The molecule has 3 aliphatic rings. The number of nitrogens with two attached hydrogens (primary N) is 1. The maximum absolute atomic E-state index is 15.8. The number of nitrogens with one attached hydrogen (secondary N) is 1. The normalized spacial score (nSPS) is 17.8. The number of benzene rings is 3. The Labute approximate surface area is 424 Å². The van der Waals surface area contributed by atoms with Crippen molar-refractivity contribution in [1.29, 1.82) is 0 Å². The summed E-state index contributed by atoms with van der Waals surface area (Å²) in [6.45, 7) is 9.29. The lowest BCUT2D eigenvalue weighted by Crippen LogP contribution is -2.46. The second kappa shape index (κ2) is 19.5. The summed E-state index contributed by atoms with van der Waals surface area (Å²) in [5, 5.41) is 6.77. The van der Waals surface area contributed by atoms with E-state index in [1.54, 1.807) is 12.3 Å². The molecule has 7 aromatic rings. The van der Waals surface area contributed by atoms with Gasteiger partial charge in [-0.2, -0.15) is 32.0 Å². The number of halogens is 8. The third-order valence-electron chi connectivity index (χ3n) is 13.9. The molecule has 0 unspecified atom stereocenters. The van der Waals surface area contributed by atoms with Crippen LogP contribution in [0.5, 0.6) is 0 Å². The van der Waals surface area contributed by atoms with Gasteiger partial charge in [0.2, 0.25) is 5.91 Å². The van der Waals surface area contributed by atoms with Crippen molar-refractivity contribution in [2.24, 2.45) is 11.7 Å². The highest BCUT2D eigenvalue weighted by Gasteiger charge is 2.63. The molecule has 1 saturated carbocycles. The lowest BCUT2D eigenvalue weighted by atomic mass is 9.73. The van der Waals surface area contributed by atoms with E-state index in [4.69, 9.17) is 20.4 Å². The highest BCUT2D eigenvalue weighted by molar-refractivity contribution is 7.22. The number of carbonyl (C=O) groups excluding carboxylic acids is 2. The van der Waals surface area contributed by atoms with Crippen LogP contribution in [-0.2, 0) is 41.3 Å². The molecule has 1 aliphatic heterocycles. The number of ether oxygens (including phenoxy) is 1. The van der Waals surface area contributed by atoms with Crippen LogP contribution in [0.15, 0.2) is 79.1 Å². The van der Waals surface area contributed by atoms with Gasteiger partial charge < -0.3 is 30.2 Å². The summed E-state index contributed by atoms with van der Waals surface area (Å²) in [5.41, 5.74) is 4.49. The van der Waals surface area contributed by atoms with Crippen molar-refractivity contribution < 1.29 is 49.4 Å². The summed E-state index contributed by atoms with van der Waals surface area (Å²) in [6, 6.07) is 15.7. The number of hydrogen-bond donors (Lipinski definition) is 2. The first kappa shape index (κ1) is 50.8. The molecular weight excluding hydrogens is 1010 g/mol. The van der Waals surface area contributed by atoms with E-state index in [0.29, 0.717) is 60.1 Å². The molecule has 1 saturated heterocycles. The van der Waals surface area contributed by atoms with Gasteiger partial charge in [0.15, 0.2) is 16.5 Å². The predicted molar refractivity (Wildman–Crippen MR) is 265 cm³/mol. The molecule has 0 bridgehead atoms. The summed E-state index contributed by atoms with van der Waals surface area (Å²) in [4.78, 5) is 45.2. The molecule has 388 valence electrons. The molecule has 2 amide bonds. The van der Waals surface area contributed by atoms with Crippen molar-refractivity contribution in [3.63, 3.8) is 0 Å². The first-order valence-corrected chi connectivity index (χ1v) is 28.5. The number of imidazole rings is 1. The van der Waals surface area contributed by atoms with E-state index >= 15 is 8.78 Å². The molecule has 5 heterocycles. The van der Waals surface area contributed by atoms with E-state index in [2.05, 4.69) is 44.8 Å². The molecule has 2 fully saturated rings. The van der Waals surface area contributed by atoms with Crippen molar-refractivity contribution in [2.45, 2.75) is 82.3 Å². The maximum Gasteiger partial charge on any atom is 0.435 e. The van der Waals surface area contributed by atoms with Gasteiger partial charge in [0.1, 0.15) is 42.2 Å². The summed E-state index contributed by atoms with van der Waals surface area (Å²) < 4.78 is 128. The largest absolute Gasteiger partial charge is 0.435 e. The lowest BCUT2D eigenvalue weighted by molar-refractivity contribution is -0.144. The monoisotopic (exact) mass is 1060 g/mol. The third kappa shape index (κ3) is 10.1. The number of hydrogen-bond acceptors (Lipinski definition) is 10. The highest BCUT2D eigenvalue weighted by atomic mass is 32.1. The summed E-state index contributed by atoms with van der Waals surface area (Å²) >= 11 is 1.29. The zero-order valence-corrected chi connectivity index (χ0v) is 42.1. The quantitative estimate of drug-likeness (QED) is 0.0548. The number of aromatic nitrogens is 6. The Morgan fingerprint density at radius 3 is 2.28 bits per heavy atom. The van der Waals surface area contributed by atoms with Crippen LogP contribution in [0.4, 0.5) is 45.9 Å². The summed E-state index contributed by atoms with van der Waals surface area (Å²) in [6.07, 6.45) is -1.74. The van der Waals surface area contributed by atoms with Crippen LogP contribution in [-0.4, -0.2) is 82.0 Å². The van der Waals surface area contributed by atoms with Crippen molar-refractivity contribution in [2.75, 3.05) is 42.6 Å². The van der Waals surface area contributed by atoms with E-state index in [0.717, 1.165) is 41.3 Å². The first-order valence-electron chi connectivity index (χ1n) is 24.0. The molecule has 0 spiro atoms. The Morgan fingerprint density at radius 2 is 1.62 bits per heavy atom. The SMILES string of the molecule is C[Si](C)(C)CCOCn1ccnc1-c1ccc(N2CCN(c3nc4nc([C@H](Cc5cc(F)cc(F)c5)NC(=O)Cn5nc(C(F)(F)F)c6c5C(F)(F)[C@@H]5CC[C@H]65)c(-c5ccc(F)c(C(N)=O)c5)cc4s3)CC2)cc1. The minimum atomic E-state index is -5.09. The number of rotatable bonds is 16. The minimum absolute atomic E-state index is 0.00627. The second-order valence-corrected chi connectivity index (χ2v) is 26.8. The van der Waals surface area contributed by atoms with E-state index in [-0.39, 0.29) is 40.9 Å². The third-order valence-corrected chi connectivity index (χ3v) is 16.7. The summed E-state index contributed by atoms with van der Waals surface area (Å²) in [7, 11) is -1.23. The van der Waals surface area contributed by atoms with Crippen molar-refractivity contribution in [3.8, 4) is 22.5 Å². The maximum atomic E-state index is 15.8. The molecule has 3 aromatic carbocycles. The van der Waals surface area contributed by atoms with Crippen LogP contribution >= 0.6 is 11.3 Å². The highest BCUT2D eigenvalue weighted by Crippen LogP contribution is 2.64. The smallest absolute Gasteiger partial charge is 0.368 e. The molecule has 10 rings (SSSR count). The van der Waals surface area contributed by atoms with Gasteiger partial charge in [-0.05, 0) is 96.9 Å². The van der Waals surface area contributed by atoms with Gasteiger partial charge in [-0.3, -0.25) is 14.3 Å². The van der Waals surface area contributed by atoms with Crippen molar-refractivity contribution in [3.05, 3.63) is 130 Å². The fraction of sp³-hybridized carbons (Fsp3) is 0.373. The number of piperazine rings is 1. The average Bonchev–Trinajstić information content (AvgIpc) is 4.09. The molecule has 74 heavy (non-hydrogen) atoms. The molecule has 4 aromatic heterocycles. The van der Waals surface area contributed by atoms with Gasteiger partial charge in [0.05, 0.1) is 22.0 Å². The Bertz CT molecular complexity index is 3260. The second-order valence-electron chi connectivity index (χ2n) is 20.2. The van der Waals surface area contributed by atoms with Gasteiger partial charge in [-0.25, -0.2) is 23.1 Å². The lowest BCUT2D eigenvalue weighted by Gasteiger charge is -2.36. The topological polar surface area (TPSA) is 149 Å². The molecular formula is C51H50F8N10O3SSi.